The van der Waals surface area contributed by atoms with E-state index in [9.17, 15) is 5.21 Å². The van der Waals surface area contributed by atoms with E-state index in [-0.39, 0.29) is 0 Å². The van der Waals surface area contributed by atoms with Gasteiger partial charge >= 0.3 is 0 Å². The fourth-order valence-corrected chi connectivity index (χ4v) is 1.62. The van der Waals surface area contributed by atoms with Gasteiger partial charge in [0.2, 0.25) is 11.4 Å². The van der Waals surface area contributed by atoms with Gasteiger partial charge < -0.3 is 5.21 Å². The number of nitrogens with zero attached hydrogens (tertiary/aromatic N) is 1. The molecule has 0 unspecified atom stereocenters. The zero-order valence-corrected chi connectivity index (χ0v) is 8.93. The minimum absolute atomic E-state index is 0.595. The van der Waals surface area contributed by atoms with Gasteiger partial charge in [-0.3, -0.25) is 0 Å². The van der Waals surface area contributed by atoms with E-state index < -0.39 is 0 Å². The van der Waals surface area contributed by atoms with Gasteiger partial charge in [-0.2, -0.15) is 4.73 Å². The normalized spacial score (nSPS) is 10.0. The Morgan fingerprint density at radius 2 is 1.64 bits per heavy atom. The Kier molecular flexibility index (Phi) is 3.33. The molecule has 0 aliphatic rings. The van der Waals surface area contributed by atoms with Crippen LogP contribution in [0.3, 0.4) is 0 Å². The molecule has 0 amide bonds. The molecule has 0 fully saturated rings. The second-order valence-electron chi connectivity index (χ2n) is 2.07. The van der Waals surface area contributed by atoms with Gasteiger partial charge in [-0.05, 0) is 6.07 Å². The van der Waals surface area contributed by atoms with Crippen LogP contribution in [0.25, 0.3) is 0 Å². The molecule has 60 valence electrons. The van der Waals surface area contributed by atoms with Crippen LogP contribution < -0.4 is 4.73 Å². The molecule has 0 saturated heterocycles. The Bertz CT molecular complexity index is 230. The predicted octanol–water partition coefficient (Wildman–Crippen LogP) is 2.11. The number of hydrogen-bond donors (Lipinski definition) is 0. The largest absolute Gasteiger partial charge is 0.618 e. The first-order valence-corrected chi connectivity index (χ1v) is 5.36. The molecule has 1 heterocycles. The van der Waals surface area contributed by atoms with Gasteiger partial charge in [-0.25, -0.2) is 0 Å². The summed E-state index contributed by atoms with van der Waals surface area (Å²) in [6.07, 6.45) is 0. The molecular weight excluding hydrogens is 274 g/mol. The fourth-order valence-electron chi connectivity index (χ4n) is 0.788. The minimum Gasteiger partial charge on any atom is -0.618 e. The molecule has 0 radical (unpaired) electrons. The van der Waals surface area contributed by atoms with E-state index in [0.29, 0.717) is 10.7 Å². The third-order valence-corrected chi connectivity index (χ3v) is 2.52. The highest BCUT2D eigenvalue weighted by Gasteiger charge is 2.06. The first kappa shape index (κ1) is 9.00. The maximum Gasteiger partial charge on any atom is 0.203 e. The van der Waals surface area contributed by atoms with Crippen molar-refractivity contribution in [3.05, 3.63) is 34.8 Å². The number of pyridine rings is 1. The van der Waals surface area contributed by atoms with Gasteiger partial charge in [-0.15, -0.1) is 0 Å². The van der Waals surface area contributed by atoms with Crippen molar-refractivity contribution in [3.8, 4) is 0 Å². The van der Waals surface area contributed by atoms with Crippen LogP contribution in [0.2, 0.25) is 0 Å². The molecule has 0 atom stereocenters. The lowest BCUT2D eigenvalue weighted by molar-refractivity contribution is -0.619. The molecule has 0 aromatic carbocycles. The van der Waals surface area contributed by atoms with E-state index in [1.165, 1.54) is 0 Å². The maximum atomic E-state index is 11.3. The summed E-state index contributed by atoms with van der Waals surface area (Å²) in [6, 6.07) is 5.48. The molecule has 4 heteroatoms. The van der Waals surface area contributed by atoms with Gasteiger partial charge in [0.05, 0.1) is 10.7 Å². The lowest BCUT2D eigenvalue weighted by Gasteiger charge is -2.04. The van der Waals surface area contributed by atoms with Crippen LogP contribution in [0.4, 0.5) is 0 Å². The van der Waals surface area contributed by atoms with E-state index in [4.69, 9.17) is 0 Å². The molecule has 0 bridgehead atoms. The van der Waals surface area contributed by atoms with E-state index in [1.54, 1.807) is 12.1 Å². The summed E-state index contributed by atoms with van der Waals surface area (Å²) in [5.74, 6) is 0. The molecule has 0 spiro atoms. The second kappa shape index (κ2) is 4.07. The molecule has 0 aliphatic heterocycles. The number of hydrogen-bond acceptors (Lipinski definition) is 1. The van der Waals surface area contributed by atoms with Crippen molar-refractivity contribution in [2.24, 2.45) is 0 Å². The van der Waals surface area contributed by atoms with Crippen LogP contribution in [0.5, 0.6) is 0 Å². The Morgan fingerprint density at radius 3 is 2.00 bits per heavy atom. The van der Waals surface area contributed by atoms with Crippen LogP contribution in [0, 0.1) is 5.21 Å². The van der Waals surface area contributed by atoms with Gasteiger partial charge in [0.15, 0.2) is 0 Å². The quantitative estimate of drug-likeness (QED) is 0.463. The third-order valence-electron chi connectivity index (χ3n) is 1.37. The number of alkyl halides is 2. The third kappa shape index (κ3) is 1.93. The van der Waals surface area contributed by atoms with Gasteiger partial charge in [-0.1, -0.05) is 31.9 Å². The monoisotopic (exact) mass is 279 g/mol. The summed E-state index contributed by atoms with van der Waals surface area (Å²) in [5.41, 5.74) is 1.48. The van der Waals surface area contributed by atoms with Crippen molar-refractivity contribution in [1.29, 1.82) is 0 Å². The lowest BCUT2D eigenvalue weighted by atomic mass is 10.3. The van der Waals surface area contributed by atoms with E-state index in [2.05, 4.69) is 31.9 Å². The Hall–Kier alpha value is -0.0900. The van der Waals surface area contributed by atoms with E-state index >= 15 is 0 Å². The average Bonchev–Trinajstić information content (AvgIpc) is 2.05. The molecule has 0 aliphatic carbocycles. The lowest BCUT2D eigenvalue weighted by Crippen LogP contribution is -2.35. The molecule has 1 aromatic heterocycles. The minimum atomic E-state index is 0.595. The SMILES string of the molecule is [O-][n+]1c(CBr)cccc1CBr. The van der Waals surface area contributed by atoms with Crippen molar-refractivity contribution in [2.75, 3.05) is 0 Å². The molecule has 0 saturated carbocycles. The number of aromatic nitrogens is 1. The van der Waals surface area contributed by atoms with Gasteiger partial charge in [0.1, 0.15) is 0 Å². The summed E-state index contributed by atoms with van der Waals surface area (Å²) in [4.78, 5) is 0. The summed E-state index contributed by atoms with van der Waals surface area (Å²) >= 11 is 6.47. The Labute approximate surface area is 82.1 Å². The van der Waals surface area contributed by atoms with Crippen LogP contribution in [-0.2, 0) is 10.7 Å². The Balaban J connectivity index is 3.10. The summed E-state index contributed by atoms with van der Waals surface area (Å²) in [5, 5.41) is 12.5. The van der Waals surface area contributed by atoms with Gasteiger partial charge in [0, 0.05) is 12.1 Å². The highest BCUT2D eigenvalue weighted by atomic mass is 79.9. The van der Waals surface area contributed by atoms with Crippen LogP contribution >= 0.6 is 31.9 Å². The highest BCUT2D eigenvalue weighted by molar-refractivity contribution is 9.08. The van der Waals surface area contributed by atoms with E-state index in [1.807, 2.05) is 6.07 Å². The standard InChI is InChI=1S/C7H7Br2NO/c8-4-6-2-1-3-7(5-9)10(6)11/h1-3H,4-5H2. The van der Waals surface area contributed by atoms with Gasteiger partial charge in [0.25, 0.3) is 0 Å². The van der Waals surface area contributed by atoms with Crippen molar-refractivity contribution < 1.29 is 4.73 Å². The van der Waals surface area contributed by atoms with Crippen molar-refractivity contribution in [2.45, 2.75) is 10.7 Å². The smallest absolute Gasteiger partial charge is 0.203 e. The molecule has 1 rings (SSSR count). The predicted molar refractivity (Wildman–Crippen MR) is 50.7 cm³/mol. The molecule has 0 N–H and O–H groups in total. The fraction of sp³-hybridized carbons (Fsp3) is 0.286. The van der Waals surface area contributed by atoms with Crippen molar-refractivity contribution >= 4 is 31.9 Å². The number of rotatable bonds is 2. The first-order chi connectivity index (χ1) is 5.29. The summed E-state index contributed by atoms with van der Waals surface area (Å²) < 4.78 is 0.934. The zero-order chi connectivity index (χ0) is 8.27. The summed E-state index contributed by atoms with van der Waals surface area (Å²) in [7, 11) is 0. The molecular formula is C7H7Br2NO. The average molecular weight is 281 g/mol. The Morgan fingerprint density at radius 1 is 1.18 bits per heavy atom. The van der Waals surface area contributed by atoms with Crippen LogP contribution in [0.1, 0.15) is 11.4 Å². The second-order valence-corrected chi connectivity index (χ2v) is 3.19. The highest BCUT2D eigenvalue weighted by Crippen LogP contribution is 2.03. The molecule has 11 heavy (non-hydrogen) atoms. The number of halogens is 2. The maximum absolute atomic E-state index is 11.3. The zero-order valence-electron chi connectivity index (χ0n) is 5.76. The molecule has 2 nitrogen and oxygen atoms in total. The molecule has 1 aromatic rings. The van der Waals surface area contributed by atoms with Crippen LogP contribution in [0.15, 0.2) is 18.2 Å². The van der Waals surface area contributed by atoms with E-state index in [0.717, 1.165) is 16.1 Å². The van der Waals surface area contributed by atoms with Crippen molar-refractivity contribution in [1.82, 2.24) is 0 Å². The first-order valence-electron chi connectivity index (χ1n) is 3.12. The van der Waals surface area contributed by atoms with Crippen molar-refractivity contribution in [3.63, 3.8) is 0 Å². The van der Waals surface area contributed by atoms with Crippen LogP contribution in [-0.4, -0.2) is 0 Å². The topological polar surface area (TPSA) is 26.9 Å². The summed E-state index contributed by atoms with van der Waals surface area (Å²) in [6.45, 7) is 0.